The van der Waals surface area contributed by atoms with Crippen LogP contribution in [0.3, 0.4) is 0 Å². The Morgan fingerprint density at radius 1 is 0.971 bits per heavy atom. The molecule has 174 valence electrons. The van der Waals surface area contributed by atoms with Gasteiger partial charge in [0.1, 0.15) is 0 Å². The fourth-order valence-corrected chi connectivity index (χ4v) is 10.1. The van der Waals surface area contributed by atoms with E-state index in [1.54, 1.807) is 0 Å². The number of carbonyl (C=O) groups is 2. The highest BCUT2D eigenvalue weighted by molar-refractivity contribution is 8.13. The molecule has 2 heterocycles. The number of rotatable bonds is 3. The lowest BCUT2D eigenvalue weighted by Crippen LogP contribution is -2.51. The molecule has 2 aromatic rings. The number of hydrogen-bond acceptors (Lipinski definition) is 3. The lowest BCUT2D eigenvalue weighted by atomic mass is 9.52. The summed E-state index contributed by atoms with van der Waals surface area (Å²) in [6.07, 6.45) is 10.5. The van der Waals surface area contributed by atoms with Crippen LogP contribution in [0.5, 0.6) is 0 Å². The van der Waals surface area contributed by atoms with E-state index in [2.05, 4.69) is 54.3 Å². The molecule has 3 aliphatic carbocycles. The summed E-state index contributed by atoms with van der Waals surface area (Å²) in [5, 5.41) is 0.238. The van der Waals surface area contributed by atoms with Crippen molar-refractivity contribution < 1.29 is 9.59 Å². The normalized spacial score (nSPS) is 41.4. The van der Waals surface area contributed by atoms with Crippen LogP contribution in [-0.4, -0.2) is 28.5 Å². The summed E-state index contributed by atoms with van der Waals surface area (Å²) in [5.74, 6) is 0.400. The minimum Gasteiger partial charge on any atom is -0.338 e. The second kappa shape index (κ2) is 7.10. The van der Waals surface area contributed by atoms with E-state index in [9.17, 15) is 9.59 Å². The van der Waals surface area contributed by atoms with Crippen molar-refractivity contribution in [2.75, 3.05) is 6.54 Å². The van der Waals surface area contributed by atoms with E-state index < -0.39 is 0 Å². The van der Waals surface area contributed by atoms with Crippen LogP contribution >= 0.6 is 11.8 Å². The van der Waals surface area contributed by atoms with Crippen molar-refractivity contribution in [3.8, 4) is 0 Å². The van der Waals surface area contributed by atoms with Gasteiger partial charge >= 0.3 is 0 Å². The molecule has 1 amide bonds. The lowest BCUT2D eigenvalue weighted by Gasteiger charge is -2.52. The maximum absolute atomic E-state index is 14.2. The third-order valence-corrected chi connectivity index (χ3v) is 11.4. The summed E-state index contributed by atoms with van der Waals surface area (Å²) >= 11 is 1.37. The van der Waals surface area contributed by atoms with Gasteiger partial charge < -0.3 is 4.90 Å². The third-order valence-electron chi connectivity index (χ3n) is 10.4. The average molecular weight is 470 g/mol. The zero-order chi connectivity index (χ0) is 23.1. The Hall–Kier alpha value is -2.33. The predicted octanol–water partition coefficient (Wildman–Crippen LogP) is 5.86. The Morgan fingerprint density at radius 2 is 1.68 bits per heavy atom. The summed E-state index contributed by atoms with van der Waals surface area (Å²) in [4.78, 5) is 31.0. The average Bonchev–Trinajstić information content (AvgIpc) is 3.55. The van der Waals surface area contributed by atoms with Gasteiger partial charge in [-0.05, 0) is 42.4 Å². The van der Waals surface area contributed by atoms with Crippen LogP contribution < -0.4 is 0 Å². The molecule has 7 rings (SSSR count). The SMILES string of the molecule is C[C@]12CCCC[C@]13C=C[C@@]2(c1ccccc1)[C@@H]1C(=O)N2CC[C@H](C(=O)Sc4ccccc4)[C@H]2[C@@H]13. The highest BCUT2D eigenvalue weighted by Crippen LogP contribution is 2.81. The Labute approximate surface area is 206 Å². The molecule has 5 aliphatic rings. The summed E-state index contributed by atoms with van der Waals surface area (Å²) in [7, 11) is 0. The fraction of sp³-hybridized carbons (Fsp3) is 0.467. The second-order valence-electron chi connectivity index (χ2n) is 11.3. The van der Waals surface area contributed by atoms with Gasteiger partial charge in [0.25, 0.3) is 0 Å². The zero-order valence-corrected chi connectivity index (χ0v) is 20.5. The Kier molecular flexibility index (Phi) is 4.38. The molecule has 0 unspecified atom stereocenters. The van der Waals surface area contributed by atoms with E-state index in [-0.39, 0.29) is 45.2 Å². The van der Waals surface area contributed by atoms with E-state index in [1.807, 2.05) is 30.3 Å². The molecule has 0 spiro atoms. The van der Waals surface area contributed by atoms with E-state index in [0.29, 0.717) is 5.91 Å². The number of benzene rings is 2. The van der Waals surface area contributed by atoms with Crippen LogP contribution in [-0.2, 0) is 15.0 Å². The number of fused-ring (bicyclic) bond motifs is 4. The number of carbonyl (C=O) groups excluding carboxylic acids is 2. The molecule has 4 fully saturated rings. The van der Waals surface area contributed by atoms with Crippen LogP contribution in [0.1, 0.15) is 44.6 Å². The predicted molar refractivity (Wildman–Crippen MR) is 134 cm³/mol. The number of hydrogen-bond donors (Lipinski definition) is 0. The molecule has 2 bridgehead atoms. The molecule has 34 heavy (non-hydrogen) atoms. The molecule has 3 nitrogen and oxygen atoms in total. The molecule has 4 heteroatoms. The highest BCUT2D eigenvalue weighted by Gasteiger charge is 2.81. The van der Waals surface area contributed by atoms with Gasteiger partial charge in [0.15, 0.2) is 5.12 Å². The van der Waals surface area contributed by atoms with Crippen LogP contribution in [0.2, 0.25) is 0 Å². The molecule has 2 aromatic carbocycles. The quantitative estimate of drug-likeness (QED) is 0.418. The zero-order valence-electron chi connectivity index (χ0n) is 19.7. The van der Waals surface area contributed by atoms with E-state index in [0.717, 1.165) is 30.7 Å². The van der Waals surface area contributed by atoms with Gasteiger partial charge in [-0.2, -0.15) is 0 Å². The van der Waals surface area contributed by atoms with Gasteiger partial charge in [0.2, 0.25) is 5.91 Å². The van der Waals surface area contributed by atoms with Gasteiger partial charge in [0.05, 0.1) is 11.8 Å². The minimum atomic E-state index is -0.263. The lowest BCUT2D eigenvalue weighted by molar-refractivity contribution is -0.133. The fourth-order valence-electron chi connectivity index (χ4n) is 9.19. The molecular formula is C30H31NO2S. The molecule has 0 radical (unpaired) electrons. The molecule has 2 aliphatic heterocycles. The first-order valence-electron chi connectivity index (χ1n) is 12.9. The van der Waals surface area contributed by atoms with Gasteiger partial charge in [-0.15, -0.1) is 0 Å². The smallest absolute Gasteiger partial charge is 0.227 e. The summed E-state index contributed by atoms with van der Waals surface area (Å²) in [6, 6.07) is 20.8. The molecule has 2 saturated heterocycles. The van der Waals surface area contributed by atoms with Crippen molar-refractivity contribution in [3.63, 3.8) is 0 Å². The van der Waals surface area contributed by atoms with Crippen molar-refractivity contribution in [2.45, 2.75) is 55.4 Å². The number of nitrogens with zero attached hydrogens (tertiary/aromatic N) is 1. The first kappa shape index (κ1) is 21.0. The standard InChI is InChI=1S/C30H31NO2S/c1-28-15-8-9-16-29(28)17-18-30(28,20-10-4-2-5-11-20)24-23(29)25-22(14-19-31(25)26(24)32)27(33)34-21-12-6-3-7-13-21/h2-7,10-13,17-18,22-25H,8-9,14-16,19H2,1H3/t22-,23+,24-,25-,28-,29+,30+/m0/s1. The Bertz CT molecular complexity index is 1190. The maximum atomic E-state index is 14.2. The van der Waals surface area contributed by atoms with Crippen LogP contribution in [0.25, 0.3) is 0 Å². The van der Waals surface area contributed by atoms with Gasteiger partial charge in [-0.25, -0.2) is 0 Å². The summed E-state index contributed by atoms with van der Waals surface area (Å²) < 4.78 is 0. The molecule has 7 atom stereocenters. The monoisotopic (exact) mass is 469 g/mol. The van der Waals surface area contributed by atoms with Gasteiger partial charge in [0, 0.05) is 34.2 Å². The van der Waals surface area contributed by atoms with Gasteiger partial charge in [-0.3, -0.25) is 9.59 Å². The van der Waals surface area contributed by atoms with Crippen LogP contribution in [0.15, 0.2) is 77.7 Å². The molecule has 0 aromatic heterocycles. The Balaban J connectivity index is 1.35. The maximum Gasteiger partial charge on any atom is 0.227 e. The molecule has 2 saturated carbocycles. The second-order valence-corrected chi connectivity index (χ2v) is 12.4. The van der Waals surface area contributed by atoms with Crippen LogP contribution in [0, 0.1) is 28.6 Å². The van der Waals surface area contributed by atoms with Gasteiger partial charge in [-0.1, -0.05) is 92.2 Å². The first-order valence-corrected chi connectivity index (χ1v) is 13.7. The van der Waals surface area contributed by atoms with Crippen molar-refractivity contribution >= 4 is 22.8 Å². The molecule has 0 N–H and O–H groups in total. The van der Waals surface area contributed by atoms with Crippen molar-refractivity contribution in [2.24, 2.45) is 28.6 Å². The van der Waals surface area contributed by atoms with E-state index >= 15 is 0 Å². The number of allylic oxidation sites excluding steroid dienone is 2. The van der Waals surface area contributed by atoms with Crippen molar-refractivity contribution in [1.82, 2.24) is 4.90 Å². The summed E-state index contributed by atoms with van der Waals surface area (Å²) in [5.41, 5.74) is 1.06. The van der Waals surface area contributed by atoms with Crippen molar-refractivity contribution in [1.29, 1.82) is 0 Å². The first-order chi connectivity index (χ1) is 16.5. The Morgan fingerprint density at radius 3 is 2.44 bits per heavy atom. The van der Waals surface area contributed by atoms with E-state index in [4.69, 9.17) is 0 Å². The minimum absolute atomic E-state index is 0.00111. The third kappa shape index (κ3) is 2.31. The number of thioether (sulfide) groups is 1. The largest absolute Gasteiger partial charge is 0.338 e. The molecular weight excluding hydrogens is 438 g/mol. The van der Waals surface area contributed by atoms with Crippen molar-refractivity contribution in [3.05, 3.63) is 78.4 Å². The van der Waals surface area contributed by atoms with Crippen LogP contribution in [0.4, 0.5) is 0 Å². The van der Waals surface area contributed by atoms with E-state index in [1.165, 1.54) is 30.2 Å². The summed E-state index contributed by atoms with van der Waals surface area (Å²) in [6.45, 7) is 3.19. The number of amides is 1. The topological polar surface area (TPSA) is 37.4 Å². The highest BCUT2D eigenvalue weighted by atomic mass is 32.2.